The molecule has 116 valence electrons. The highest BCUT2D eigenvalue weighted by Gasteiger charge is 2.25. The number of carbonyl (C=O) groups is 1. The van der Waals surface area contributed by atoms with Gasteiger partial charge in [0.1, 0.15) is 0 Å². The van der Waals surface area contributed by atoms with E-state index >= 15 is 0 Å². The van der Waals surface area contributed by atoms with Crippen molar-refractivity contribution in [3.05, 3.63) is 35.9 Å². The molecule has 21 heavy (non-hydrogen) atoms. The second-order valence-corrected chi connectivity index (χ2v) is 6.32. The van der Waals surface area contributed by atoms with Crippen LogP contribution in [-0.4, -0.2) is 54.5 Å². The molecule has 1 aliphatic rings. The molecular formula is C17H27N3O. The Bertz CT molecular complexity index is 439. The summed E-state index contributed by atoms with van der Waals surface area (Å²) in [6, 6.07) is 9.56. The third-order valence-corrected chi connectivity index (χ3v) is 3.92. The Balaban J connectivity index is 1.81. The normalized spacial score (nSPS) is 18.0. The molecule has 1 amide bonds. The van der Waals surface area contributed by atoms with Crippen molar-refractivity contribution in [2.45, 2.75) is 26.3 Å². The van der Waals surface area contributed by atoms with Crippen molar-refractivity contribution in [2.24, 2.45) is 11.7 Å². The number of rotatable bonds is 5. The molecule has 0 aromatic heterocycles. The standard InChI is InChI=1S/C17H27N3O/c1-14(2)13-19-8-10-20(11-9-19)17(21)16(18)12-15-6-4-3-5-7-15/h3-7,14,16H,8-13,18H2,1-2H3. The first kappa shape index (κ1) is 16.0. The highest BCUT2D eigenvalue weighted by atomic mass is 16.2. The van der Waals surface area contributed by atoms with Crippen molar-refractivity contribution in [3.8, 4) is 0 Å². The van der Waals surface area contributed by atoms with Crippen molar-refractivity contribution in [2.75, 3.05) is 32.7 Å². The number of piperazine rings is 1. The van der Waals surface area contributed by atoms with Gasteiger partial charge in [0.25, 0.3) is 0 Å². The van der Waals surface area contributed by atoms with Crippen LogP contribution in [0.4, 0.5) is 0 Å². The maximum Gasteiger partial charge on any atom is 0.239 e. The first-order valence-electron chi connectivity index (χ1n) is 7.87. The van der Waals surface area contributed by atoms with Gasteiger partial charge in [0.15, 0.2) is 0 Å². The Kier molecular flexibility index (Phi) is 5.76. The molecule has 1 atom stereocenters. The van der Waals surface area contributed by atoms with Crippen LogP contribution in [0.25, 0.3) is 0 Å². The Morgan fingerprint density at radius 3 is 2.33 bits per heavy atom. The van der Waals surface area contributed by atoms with E-state index in [1.807, 2.05) is 35.2 Å². The molecule has 1 aliphatic heterocycles. The van der Waals surface area contributed by atoms with Gasteiger partial charge >= 0.3 is 0 Å². The van der Waals surface area contributed by atoms with E-state index < -0.39 is 6.04 Å². The first-order chi connectivity index (χ1) is 10.1. The lowest BCUT2D eigenvalue weighted by Crippen LogP contribution is -2.54. The summed E-state index contributed by atoms with van der Waals surface area (Å²) < 4.78 is 0. The molecule has 2 rings (SSSR count). The fourth-order valence-electron chi connectivity index (χ4n) is 2.86. The van der Waals surface area contributed by atoms with E-state index in [-0.39, 0.29) is 5.91 Å². The number of nitrogens with zero attached hydrogens (tertiary/aromatic N) is 2. The van der Waals surface area contributed by atoms with Gasteiger partial charge in [-0.15, -0.1) is 0 Å². The highest BCUT2D eigenvalue weighted by Crippen LogP contribution is 2.09. The van der Waals surface area contributed by atoms with Gasteiger partial charge in [0, 0.05) is 32.7 Å². The third-order valence-electron chi connectivity index (χ3n) is 3.92. The summed E-state index contributed by atoms with van der Waals surface area (Å²) in [4.78, 5) is 16.8. The predicted octanol–water partition coefficient (Wildman–Crippen LogP) is 1.36. The molecule has 0 spiro atoms. The number of nitrogens with two attached hydrogens (primary N) is 1. The Morgan fingerprint density at radius 2 is 1.76 bits per heavy atom. The molecule has 0 radical (unpaired) electrons. The van der Waals surface area contributed by atoms with Crippen LogP contribution in [0, 0.1) is 5.92 Å². The molecule has 4 heteroatoms. The Morgan fingerprint density at radius 1 is 1.14 bits per heavy atom. The molecule has 4 nitrogen and oxygen atoms in total. The van der Waals surface area contributed by atoms with Crippen LogP contribution in [0.5, 0.6) is 0 Å². The molecule has 1 aromatic rings. The number of amides is 1. The summed E-state index contributed by atoms with van der Waals surface area (Å²) in [5.74, 6) is 0.760. The molecule has 1 heterocycles. The molecule has 0 aliphatic carbocycles. The van der Waals surface area contributed by atoms with E-state index in [1.54, 1.807) is 0 Å². The SMILES string of the molecule is CC(C)CN1CCN(C(=O)C(N)Cc2ccccc2)CC1. The van der Waals surface area contributed by atoms with Gasteiger partial charge in [-0.05, 0) is 17.9 Å². The molecule has 0 bridgehead atoms. The zero-order chi connectivity index (χ0) is 15.2. The van der Waals surface area contributed by atoms with Crippen LogP contribution in [0.2, 0.25) is 0 Å². The van der Waals surface area contributed by atoms with Gasteiger partial charge in [-0.25, -0.2) is 0 Å². The van der Waals surface area contributed by atoms with Gasteiger partial charge in [-0.1, -0.05) is 44.2 Å². The van der Waals surface area contributed by atoms with Gasteiger partial charge in [-0.2, -0.15) is 0 Å². The topological polar surface area (TPSA) is 49.6 Å². The number of hydrogen-bond donors (Lipinski definition) is 1. The van der Waals surface area contributed by atoms with Gasteiger partial charge < -0.3 is 10.6 Å². The molecular weight excluding hydrogens is 262 g/mol. The Hall–Kier alpha value is -1.39. The smallest absolute Gasteiger partial charge is 0.239 e. The summed E-state index contributed by atoms with van der Waals surface area (Å²) in [5.41, 5.74) is 7.21. The van der Waals surface area contributed by atoms with Crippen LogP contribution in [0.15, 0.2) is 30.3 Å². The number of benzene rings is 1. The second kappa shape index (κ2) is 7.57. The Labute approximate surface area is 127 Å². The zero-order valence-corrected chi connectivity index (χ0v) is 13.2. The van der Waals surface area contributed by atoms with Crippen molar-refractivity contribution >= 4 is 5.91 Å². The quantitative estimate of drug-likeness (QED) is 0.890. The van der Waals surface area contributed by atoms with Crippen molar-refractivity contribution < 1.29 is 4.79 Å². The van der Waals surface area contributed by atoms with E-state index in [0.29, 0.717) is 12.3 Å². The average Bonchev–Trinajstić information content (AvgIpc) is 2.47. The zero-order valence-electron chi connectivity index (χ0n) is 13.2. The summed E-state index contributed by atoms with van der Waals surface area (Å²) in [6.45, 7) is 9.09. The molecule has 1 unspecified atom stereocenters. The summed E-state index contributed by atoms with van der Waals surface area (Å²) in [5, 5.41) is 0. The summed E-state index contributed by atoms with van der Waals surface area (Å²) in [7, 11) is 0. The summed E-state index contributed by atoms with van der Waals surface area (Å²) >= 11 is 0. The van der Waals surface area contributed by atoms with Gasteiger partial charge in [0.2, 0.25) is 5.91 Å². The first-order valence-corrected chi connectivity index (χ1v) is 7.87. The van der Waals surface area contributed by atoms with Gasteiger partial charge in [-0.3, -0.25) is 9.69 Å². The summed E-state index contributed by atoms with van der Waals surface area (Å²) in [6.07, 6.45) is 0.617. The minimum atomic E-state index is -0.427. The maximum atomic E-state index is 12.4. The van der Waals surface area contributed by atoms with Crippen molar-refractivity contribution in [3.63, 3.8) is 0 Å². The van der Waals surface area contributed by atoms with Crippen LogP contribution in [0.3, 0.4) is 0 Å². The van der Waals surface area contributed by atoms with E-state index in [4.69, 9.17) is 5.73 Å². The molecule has 2 N–H and O–H groups in total. The monoisotopic (exact) mass is 289 g/mol. The third kappa shape index (κ3) is 4.83. The van der Waals surface area contributed by atoms with Crippen molar-refractivity contribution in [1.29, 1.82) is 0 Å². The molecule has 1 saturated heterocycles. The average molecular weight is 289 g/mol. The van der Waals surface area contributed by atoms with E-state index in [1.165, 1.54) is 0 Å². The minimum Gasteiger partial charge on any atom is -0.339 e. The van der Waals surface area contributed by atoms with Crippen LogP contribution < -0.4 is 5.73 Å². The fourth-order valence-corrected chi connectivity index (χ4v) is 2.86. The maximum absolute atomic E-state index is 12.4. The lowest BCUT2D eigenvalue weighted by Gasteiger charge is -2.36. The molecule has 1 aromatic carbocycles. The lowest BCUT2D eigenvalue weighted by atomic mass is 10.1. The second-order valence-electron chi connectivity index (χ2n) is 6.32. The van der Waals surface area contributed by atoms with E-state index in [9.17, 15) is 4.79 Å². The largest absolute Gasteiger partial charge is 0.339 e. The predicted molar refractivity (Wildman–Crippen MR) is 86.0 cm³/mol. The van der Waals surface area contributed by atoms with Crippen molar-refractivity contribution in [1.82, 2.24) is 9.80 Å². The lowest BCUT2D eigenvalue weighted by molar-refractivity contribution is -0.134. The number of carbonyl (C=O) groups excluding carboxylic acids is 1. The van der Waals surface area contributed by atoms with Crippen LogP contribution in [-0.2, 0) is 11.2 Å². The van der Waals surface area contributed by atoms with Crippen LogP contribution in [0.1, 0.15) is 19.4 Å². The highest BCUT2D eigenvalue weighted by molar-refractivity contribution is 5.82. The van der Waals surface area contributed by atoms with E-state index in [2.05, 4.69) is 18.7 Å². The molecule has 0 saturated carbocycles. The minimum absolute atomic E-state index is 0.0862. The number of hydrogen-bond acceptors (Lipinski definition) is 3. The van der Waals surface area contributed by atoms with Gasteiger partial charge in [0.05, 0.1) is 6.04 Å². The molecule has 1 fully saturated rings. The van der Waals surface area contributed by atoms with Crippen LogP contribution >= 0.6 is 0 Å². The van der Waals surface area contributed by atoms with E-state index in [0.717, 1.165) is 38.3 Å². The fraction of sp³-hybridized carbons (Fsp3) is 0.588.